The molecule has 0 aromatic heterocycles. The molecule has 2 atom stereocenters. The van der Waals surface area contributed by atoms with Crippen LogP contribution >= 0.6 is 35.6 Å². The van der Waals surface area contributed by atoms with Crippen LogP contribution in [0.15, 0.2) is 29.3 Å². The summed E-state index contributed by atoms with van der Waals surface area (Å²) in [5, 5.41) is 16.5. The van der Waals surface area contributed by atoms with Crippen LogP contribution in [0.5, 0.6) is 5.75 Å². The molecule has 1 aromatic rings. The van der Waals surface area contributed by atoms with E-state index >= 15 is 0 Å². The number of aliphatic hydroxyl groups excluding tert-OH is 1. The molecule has 0 amide bonds. The number of aliphatic imine (C=N–C) groups is 1. The third kappa shape index (κ3) is 7.09. The highest BCUT2D eigenvalue weighted by Crippen LogP contribution is 2.31. The van der Waals surface area contributed by atoms with Gasteiger partial charge in [0.1, 0.15) is 11.9 Å². The number of para-hydroxylation sites is 1. The molecule has 0 aliphatic carbocycles. The maximum atomic E-state index is 9.30. The summed E-state index contributed by atoms with van der Waals surface area (Å²) in [5.41, 5.74) is -0.0218. The Kier molecular flexibility index (Phi) is 10.6. The van der Waals surface area contributed by atoms with Gasteiger partial charge < -0.3 is 25.2 Å². The fourth-order valence-corrected chi connectivity index (χ4v) is 3.02. The molecule has 2 rings (SSSR count). The fourth-order valence-electron chi connectivity index (χ4n) is 2.84. The number of nitrogens with one attached hydrogen (secondary N) is 2. The lowest BCUT2D eigenvalue weighted by atomic mass is 9.84. The zero-order valence-corrected chi connectivity index (χ0v) is 18.4. The van der Waals surface area contributed by atoms with E-state index in [-0.39, 0.29) is 42.1 Å². The molecule has 1 saturated heterocycles. The van der Waals surface area contributed by atoms with Gasteiger partial charge in [-0.1, -0.05) is 23.7 Å². The highest BCUT2D eigenvalue weighted by atomic mass is 127. The van der Waals surface area contributed by atoms with Crippen molar-refractivity contribution >= 4 is 41.5 Å². The van der Waals surface area contributed by atoms with Gasteiger partial charge in [-0.05, 0) is 31.9 Å². The lowest BCUT2D eigenvalue weighted by Crippen LogP contribution is -2.46. The molecule has 6 nitrogen and oxygen atoms in total. The van der Waals surface area contributed by atoms with Crippen LogP contribution in [0.2, 0.25) is 5.02 Å². The average molecular weight is 498 g/mol. The van der Waals surface area contributed by atoms with E-state index in [2.05, 4.69) is 15.6 Å². The summed E-state index contributed by atoms with van der Waals surface area (Å²) >= 11 is 6.11. The van der Waals surface area contributed by atoms with Crippen molar-refractivity contribution in [1.29, 1.82) is 0 Å². The van der Waals surface area contributed by atoms with Crippen molar-refractivity contribution in [2.24, 2.45) is 10.4 Å². The number of nitrogens with zero attached hydrogens (tertiary/aromatic N) is 1. The van der Waals surface area contributed by atoms with Gasteiger partial charge in [0.25, 0.3) is 0 Å². The molecule has 26 heavy (non-hydrogen) atoms. The summed E-state index contributed by atoms with van der Waals surface area (Å²) in [6, 6.07) is 7.43. The van der Waals surface area contributed by atoms with Crippen LogP contribution in [0.3, 0.4) is 0 Å². The topological polar surface area (TPSA) is 75.1 Å². The number of hydrogen-bond donors (Lipinski definition) is 3. The number of ether oxygens (including phenoxy) is 2. The summed E-state index contributed by atoms with van der Waals surface area (Å²) in [6.45, 7) is 4.86. The van der Waals surface area contributed by atoms with Crippen LogP contribution in [-0.4, -0.2) is 57.1 Å². The number of aliphatic hydroxyl groups is 1. The van der Waals surface area contributed by atoms with Crippen molar-refractivity contribution in [1.82, 2.24) is 10.6 Å². The highest BCUT2D eigenvalue weighted by molar-refractivity contribution is 14.0. The summed E-state index contributed by atoms with van der Waals surface area (Å²) in [4.78, 5) is 4.25. The van der Waals surface area contributed by atoms with Crippen molar-refractivity contribution in [2.75, 3.05) is 40.0 Å². The first-order chi connectivity index (χ1) is 12.1. The van der Waals surface area contributed by atoms with E-state index in [0.29, 0.717) is 36.4 Å². The largest absolute Gasteiger partial charge is 0.487 e. The van der Waals surface area contributed by atoms with Crippen LogP contribution in [0.25, 0.3) is 0 Å². The van der Waals surface area contributed by atoms with Crippen molar-refractivity contribution in [3.63, 3.8) is 0 Å². The molecule has 0 spiro atoms. The van der Waals surface area contributed by atoms with E-state index in [0.717, 1.165) is 19.4 Å². The van der Waals surface area contributed by atoms with Crippen LogP contribution in [0.4, 0.5) is 0 Å². The zero-order chi connectivity index (χ0) is 18.1. The van der Waals surface area contributed by atoms with E-state index in [1.807, 2.05) is 31.2 Å². The maximum absolute atomic E-state index is 9.30. The third-order valence-electron chi connectivity index (χ3n) is 4.40. The van der Waals surface area contributed by atoms with Crippen molar-refractivity contribution < 1.29 is 14.6 Å². The minimum atomic E-state index is -0.0698. The Balaban J connectivity index is 0.00000338. The number of halogens is 2. The smallest absolute Gasteiger partial charge is 0.191 e. The van der Waals surface area contributed by atoms with Gasteiger partial charge in [0.2, 0.25) is 0 Å². The van der Waals surface area contributed by atoms with E-state index in [9.17, 15) is 5.11 Å². The molecular formula is C18H29ClIN3O3. The van der Waals surface area contributed by atoms with Gasteiger partial charge >= 0.3 is 0 Å². The molecule has 0 radical (unpaired) electrons. The molecule has 1 fully saturated rings. The third-order valence-corrected chi connectivity index (χ3v) is 4.72. The summed E-state index contributed by atoms with van der Waals surface area (Å²) in [6.07, 6.45) is 1.60. The van der Waals surface area contributed by atoms with Crippen molar-refractivity contribution in [3.05, 3.63) is 29.3 Å². The SMILES string of the molecule is CN=C(NCC(C)Oc1ccccc1Cl)NCC1(CCO)CCOC1.I. The Labute approximate surface area is 177 Å². The second-order valence-electron chi connectivity index (χ2n) is 6.44. The maximum Gasteiger partial charge on any atom is 0.191 e. The van der Waals surface area contributed by atoms with E-state index in [4.69, 9.17) is 21.1 Å². The molecule has 1 heterocycles. The standard InChI is InChI=1S/C18H28ClN3O3.HI/c1-14(25-16-6-4-3-5-15(16)19)11-21-17(20-2)22-12-18(7-9-23)8-10-24-13-18;/h3-6,14,23H,7-13H2,1-2H3,(H2,20,21,22);1H. The Hall–Kier alpha value is -0.770. The predicted octanol–water partition coefficient (Wildman–Crippen LogP) is 2.68. The summed E-state index contributed by atoms with van der Waals surface area (Å²) in [5.74, 6) is 1.38. The number of hydrogen-bond acceptors (Lipinski definition) is 4. The second-order valence-corrected chi connectivity index (χ2v) is 6.85. The molecule has 1 aliphatic heterocycles. The van der Waals surface area contributed by atoms with E-state index in [1.165, 1.54) is 0 Å². The molecule has 148 valence electrons. The first kappa shape index (κ1) is 23.3. The molecule has 0 saturated carbocycles. The molecular weight excluding hydrogens is 469 g/mol. The first-order valence-electron chi connectivity index (χ1n) is 8.63. The normalized spacial score (nSPS) is 21.0. The average Bonchev–Trinajstić information content (AvgIpc) is 3.06. The summed E-state index contributed by atoms with van der Waals surface area (Å²) in [7, 11) is 1.73. The first-order valence-corrected chi connectivity index (χ1v) is 9.01. The van der Waals surface area contributed by atoms with Gasteiger partial charge in [-0.3, -0.25) is 4.99 Å². The van der Waals surface area contributed by atoms with Gasteiger partial charge in [0.05, 0.1) is 18.2 Å². The lowest BCUT2D eigenvalue weighted by molar-refractivity contribution is 0.127. The van der Waals surface area contributed by atoms with Crippen LogP contribution < -0.4 is 15.4 Å². The monoisotopic (exact) mass is 497 g/mol. The van der Waals surface area contributed by atoms with Gasteiger partial charge in [-0.25, -0.2) is 0 Å². The molecule has 1 aliphatic rings. The van der Waals surface area contributed by atoms with Crippen LogP contribution in [0.1, 0.15) is 19.8 Å². The number of rotatable bonds is 8. The van der Waals surface area contributed by atoms with Gasteiger partial charge in [0.15, 0.2) is 5.96 Å². The van der Waals surface area contributed by atoms with Crippen molar-refractivity contribution in [2.45, 2.75) is 25.9 Å². The van der Waals surface area contributed by atoms with Crippen molar-refractivity contribution in [3.8, 4) is 5.75 Å². The quantitative estimate of drug-likeness (QED) is 0.293. The van der Waals surface area contributed by atoms with Crippen LogP contribution in [-0.2, 0) is 4.74 Å². The van der Waals surface area contributed by atoms with E-state index < -0.39 is 0 Å². The Morgan fingerprint density at radius 1 is 1.42 bits per heavy atom. The minimum absolute atomic E-state index is 0. The molecule has 8 heteroatoms. The Morgan fingerprint density at radius 2 is 2.19 bits per heavy atom. The van der Waals surface area contributed by atoms with Gasteiger partial charge in [-0.15, -0.1) is 24.0 Å². The highest BCUT2D eigenvalue weighted by Gasteiger charge is 2.34. The molecule has 2 unspecified atom stereocenters. The van der Waals surface area contributed by atoms with E-state index in [1.54, 1.807) is 7.05 Å². The molecule has 0 bridgehead atoms. The predicted molar refractivity (Wildman–Crippen MR) is 116 cm³/mol. The molecule has 1 aromatic carbocycles. The van der Waals surface area contributed by atoms with Gasteiger partial charge in [-0.2, -0.15) is 0 Å². The fraction of sp³-hybridized carbons (Fsp3) is 0.611. The number of benzene rings is 1. The Bertz CT molecular complexity index is 568. The molecule has 3 N–H and O–H groups in total. The Morgan fingerprint density at radius 3 is 2.81 bits per heavy atom. The number of guanidine groups is 1. The summed E-state index contributed by atoms with van der Waals surface area (Å²) < 4.78 is 11.4. The zero-order valence-electron chi connectivity index (χ0n) is 15.3. The van der Waals surface area contributed by atoms with Crippen LogP contribution in [0, 0.1) is 5.41 Å². The van der Waals surface area contributed by atoms with Gasteiger partial charge in [0, 0.05) is 32.2 Å². The second kappa shape index (κ2) is 11.8. The lowest BCUT2D eigenvalue weighted by Gasteiger charge is -2.28. The minimum Gasteiger partial charge on any atom is -0.487 e.